The van der Waals surface area contributed by atoms with Crippen LogP contribution in [0.15, 0.2) is 24.3 Å². The summed E-state index contributed by atoms with van der Waals surface area (Å²) in [5, 5.41) is 18.1. The molecule has 1 rings (SSSR count). The minimum Gasteiger partial charge on any atom is -0.478 e. The van der Waals surface area contributed by atoms with Gasteiger partial charge < -0.3 is 21.1 Å². The molecule has 0 unspecified atom stereocenters. The van der Waals surface area contributed by atoms with Gasteiger partial charge in [-0.05, 0) is 37.5 Å². The Labute approximate surface area is 349 Å². The zero-order valence-electron chi connectivity index (χ0n) is 36.9. The van der Waals surface area contributed by atoms with Crippen LogP contribution in [0, 0.1) is 0 Å². The number of carbonyl (C=O) groups excluding carboxylic acids is 3. The van der Waals surface area contributed by atoms with Crippen LogP contribution < -0.4 is 16.0 Å². The molecule has 1 atom stereocenters. The highest BCUT2D eigenvalue weighted by atomic mass is 16.4. The molecule has 0 saturated heterocycles. The molecule has 0 bridgehead atoms. The van der Waals surface area contributed by atoms with Crippen LogP contribution in [-0.4, -0.2) is 47.9 Å². The van der Waals surface area contributed by atoms with Gasteiger partial charge in [0.05, 0.1) is 5.56 Å². The lowest BCUT2D eigenvalue weighted by molar-refractivity contribution is -0.124. The van der Waals surface area contributed by atoms with Crippen molar-refractivity contribution in [2.75, 3.05) is 13.1 Å². The van der Waals surface area contributed by atoms with Gasteiger partial charge in [-0.1, -0.05) is 213 Å². The lowest BCUT2D eigenvalue weighted by atomic mass is 10.0. The maximum Gasteiger partial charge on any atom is 0.335 e. The summed E-state index contributed by atoms with van der Waals surface area (Å²) in [5.74, 6) is -2.11. The largest absolute Gasteiger partial charge is 0.478 e. The zero-order chi connectivity index (χ0) is 41.4. The number of carboxylic acids is 1. The Morgan fingerprint density at radius 2 is 0.842 bits per heavy atom. The number of carbonyl (C=O) groups is 4. The summed E-state index contributed by atoms with van der Waals surface area (Å²) < 4.78 is 0. The summed E-state index contributed by atoms with van der Waals surface area (Å²) in [6, 6.07) is 4.86. The van der Waals surface area contributed by atoms with Gasteiger partial charge in [-0.15, -0.1) is 0 Å². The van der Waals surface area contributed by atoms with E-state index in [9.17, 15) is 24.3 Å². The maximum atomic E-state index is 13.2. The van der Waals surface area contributed by atoms with Gasteiger partial charge in [0.2, 0.25) is 11.8 Å². The third-order valence-corrected chi connectivity index (χ3v) is 11.3. The minimum atomic E-state index is -1.13. The van der Waals surface area contributed by atoms with E-state index in [2.05, 4.69) is 29.8 Å². The number of unbranched alkanes of at least 4 members (excludes halogenated alkanes) is 30. The van der Waals surface area contributed by atoms with Crippen LogP contribution in [-0.2, 0) is 9.59 Å². The second-order valence-electron chi connectivity index (χ2n) is 16.7. The number of hydrogen-bond donors (Lipinski definition) is 4. The van der Waals surface area contributed by atoms with Gasteiger partial charge in [0.15, 0.2) is 0 Å². The number of benzene rings is 1. The molecule has 4 N–H and O–H groups in total. The zero-order valence-corrected chi connectivity index (χ0v) is 36.9. The third-order valence-electron chi connectivity index (χ3n) is 11.3. The van der Waals surface area contributed by atoms with E-state index in [1.165, 1.54) is 198 Å². The van der Waals surface area contributed by atoms with Crippen LogP contribution in [0.3, 0.4) is 0 Å². The molecule has 1 aromatic rings. The fourth-order valence-corrected chi connectivity index (χ4v) is 7.58. The summed E-state index contributed by atoms with van der Waals surface area (Å²) in [5.41, 5.74) is 0.166. The molecule has 0 aliphatic heterocycles. The molecule has 57 heavy (non-hydrogen) atoms. The van der Waals surface area contributed by atoms with E-state index in [1.807, 2.05) is 0 Å². The molecule has 0 aromatic heterocycles. The van der Waals surface area contributed by atoms with Crippen molar-refractivity contribution in [2.45, 2.75) is 238 Å². The van der Waals surface area contributed by atoms with Gasteiger partial charge in [0, 0.05) is 25.1 Å². The normalized spacial score (nSPS) is 11.7. The second kappa shape index (κ2) is 38.6. The first-order valence-corrected chi connectivity index (χ1v) is 24.1. The Bertz CT molecular complexity index is 1140. The van der Waals surface area contributed by atoms with Crippen molar-refractivity contribution in [3.63, 3.8) is 0 Å². The number of rotatable bonds is 41. The van der Waals surface area contributed by atoms with Crippen molar-refractivity contribution >= 4 is 23.7 Å². The quantitative estimate of drug-likeness (QED) is 0.0491. The van der Waals surface area contributed by atoms with Gasteiger partial charge in [-0.3, -0.25) is 14.4 Å². The summed E-state index contributed by atoms with van der Waals surface area (Å²) in [7, 11) is 0. The van der Waals surface area contributed by atoms with E-state index in [0.717, 1.165) is 32.1 Å². The summed E-state index contributed by atoms with van der Waals surface area (Å²) >= 11 is 0. The molecule has 0 heterocycles. The Morgan fingerprint density at radius 3 is 1.23 bits per heavy atom. The van der Waals surface area contributed by atoms with Crippen molar-refractivity contribution in [1.82, 2.24) is 16.0 Å². The smallest absolute Gasteiger partial charge is 0.335 e. The first-order chi connectivity index (χ1) is 27.9. The second-order valence-corrected chi connectivity index (χ2v) is 16.7. The molecule has 8 nitrogen and oxygen atoms in total. The fourth-order valence-electron chi connectivity index (χ4n) is 7.58. The van der Waals surface area contributed by atoms with Gasteiger partial charge >= 0.3 is 5.97 Å². The van der Waals surface area contributed by atoms with Crippen LogP contribution in [0.5, 0.6) is 0 Å². The van der Waals surface area contributed by atoms with Crippen LogP contribution in [0.4, 0.5) is 0 Å². The average molecular weight is 798 g/mol. The average Bonchev–Trinajstić information content (AvgIpc) is 3.21. The van der Waals surface area contributed by atoms with E-state index in [0.29, 0.717) is 13.1 Å². The molecular weight excluding hydrogens is 711 g/mol. The first kappa shape index (κ1) is 52.1. The van der Waals surface area contributed by atoms with Gasteiger partial charge in [0.1, 0.15) is 6.04 Å². The van der Waals surface area contributed by atoms with Crippen molar-refractivity contribution < 1.29 is 24.3 Å². The van der Waals surface area contributed by atoms with E-state index in [-0.39, 0.29) is 35.8 Å². The Balaban J connectivity index is 2.27. The summed E-state index contributed by atoms with van der Waals surface area (Å²) in [6.45, 7) is 5.67. The summed E-state index contributed by atoms with van der Waals surface area (Å²) in [4.78, 5) is 50.5. The monoisotopic (exact) mass is 798 g/mol. The maximum absolute atomic E-state index is 13.2. The Kier molecular flexibility index (Phi) is 35.3. The highest BCUT2D eigenvalue weighted by Crippen LogP contribution is 2.16. The number of carboxylic acid groups (broad SMARTS) is 1. The van der Waals surface area contributed by atoms with E-state index >= 15 is 0 Å². The van der Waals surface area contributed by atoms with Gasteiger partial charge in [-0.25, -0.2) is 4.79 Å². The topological polar surface area (TPSA) is 125 Å². The predicted octanol–water partition coefficient (Wildman–Crippen LogP) is 13.0. The number of aromatic carboxylic acids is 1. The number of amides is 3. The van der Waals surface area contributed by atoms with Crippen LogP contribution in [0.25, 0.3) is 0 Å². The van der Waals surface area contributed by atoms with Crippen molar-refractivity contribution in [3.8, 4) is 0 Å². The molecule has 0 radical (unpaired) electrons. The molecule has 0 saturated carbocycles. The van der Waals surface area contributed by atoms with E-state index < -0.39 is 17.9 Å². The molecule has 0 aliphatic rings. The van der Waals surface area contributed by atoms with Gasteiger partial charge in [0.25, 0.3) is 5.91 Å². The molecule has 328 valence electrons. The number of hydrogen-bond acceptors (Lipinski definition) is 4. The van der Waals surface area contributed by atoms with Crippen molar-refractivity contribution in [3.05, 3.63) is 35.4 Å². The highest BCUT2D eigenvalue weighted by molar-refractivity contribution is 5.99. The minimum absolute atomic E-state index is 0.000566. The van der Waals surface area contributed by atoms with Crippen LogP contribution >= 0.6 is 0 Å². The molecular formula is C49H87N3O5. The predicted molar refractivity (Wildman–Crippen MR) is 239 cm³/mol. The van der Waals surface area contributed by atoms with E-state index in [4.69, 9.17) is 0 Å². The molecule has 8 heteroatoms. The lowest BCUT2D eigenvalue weighted by Crippen LogP contribution is -2.47. The fraction of sp³-hybridized carbons (Fsp3) is 0.796. The van der Waals surface area contributed by atoms with Crippen molar-refractivity contribution in [1.29, 1.82) is 0 Å². The SMILES string of the molecule is CCCCCCCCCCCCCCCCCCNC(=O)CC[C@H](NC(=O)c1cccc(C(=O)O)c1)C(=O)NCCCCCCCCCCCCCCCCCC. The molecule has 3 amide bonds. The summed E-state index contributed by atoms with van der Waals surface area (Å²) in [6.07, 6.45) is 41.7. The third kappa shape index (κ3) is 31.7. The van der Waals surface area contributed by atoms with Crippen molar-refractivity contribution in [2.24, 2.45) is 0 Å². The molecule has 0 spiro atoms. The first-order valence-electron chi connectivity index (χ1n) is 24.1. The van der Waals surface area contributed by atoms with Crippen LogP contribution in [0.1, 0.15) is 253 Å². The van der Waals surface area contributed by atoms with Crippen LogP contribution in [0.2, 0.25) is 0 Å². The van der Waals surface area contributed by atoms with E-state index in [1.54, 1.807) is 0 Å². The Hall–Kier alpha value is -2.90. The van der Waals surface area contributed by atoms with Gasteiger partial charge in [-0.2, -0.15) is 0 Å². The highest BCUT2D eigenvalue weighted by Gasteiger charge is 2.23. The number of nitrogens with one attached hydrogen (secondary N) is 3. The molecule has 0 aliphatic carbocycles. The molecule has 1 aromatic carbocycles. The Morgan fingerprint density at radius 1 is 0.491 bits per heavy atom. The standard InChI is InChI=1S/C49H87N3O5/c1-3-5-7-9-11-13-15-17-19-21-23-25-27-29-31-33-40-50-46(53)39-38-45(52-47(54)43-36-35-37-44(42-43)49(56)57)48(55)51-41-34-32-30-28-26-24-22-20-18-16-14-12-10-8-6-4-2/h35-37,42,45H,3-34,38-41H2,1-2H3,(H,50,53)(H,51,55)(H,52,54)(H,56,57)/t45-/m0/s1. The molecule has 0 fully saturated rings. The lowest BCUT2D eigenvalue weighted by Gasteiger charge is -2.19.